The quantitative estimate of drug-likeness (QED) is 0.826. The number of carbonyl (C=O) groups is 1. The molecule has 3 rings (SSSR count). The van der Waals surface area contributed by atoms with Crippen molar-refractivity contribution in [3.8, 4) is 0 Å². The number of benzene rings is 1. The van der Waals surface area contributed by atoms with Crippen LogP contribution in [0, 0.1) is 0 Å². The molecule has 1 aromatic rings. The van der Waals surface area contributed by atoms with Crippen LogP contribution >= 0.6 is 0 Å². The fourth-order valence-corrected chi connectivity index (χ4v) is 3.53. The van der Waals surface area contributed by atoms with Crippen LogP contribution < -0.4 is 5.32 Å². The fraction of sp³-hybridized carbons (Fsp3) is 0.533. The number of carbonyl (C=O) groups excluding carboxylic acids is 1. The Morgan fingerprint density at radius 3 is 2.61 bits per heavy atom. The van der Waals surface area contributed by atoms with E-state index in [0.717, 1.165) is 19.3 Å². The Balaban J connectivity index is 1.77. The third-order valence-electron chi connectivity index (χ3n) is 4.60. The van der Waals surface area contributed by atoms with Gasteiger partial charge in [0.2, 0.25) is 0 Å². The van der Waals surface area contributed by atoms with Crippen LogP contribution in [0.2, 0.25) is 0 Å². The minimum atomic E-state index is 0.0792. The summed E-state index contributed by atoms with van der Waals surface area (Å²) in [6, 6.07) is 10.4. The first kappa shape index (κ1) is 11.7. The lowest BCUT2D eigenvalue weighted by atomic mass is 10.1. The van der Waals surface area contributed by atoms with Gasteiger partial charge in [0.1, 0.15) is 0 Å². The van der Waals surface area contributed by atoms with Crippen molar-refractivity contribution in [1.82, 2.24) is 4.90 Å². The normalized spacial score (nSPS) is 26.2. The highest BCUT2D eigenvalue weighted by Crippen LogP contribution is 2.32. The summed E-state index contributed by atoms with van der Waals surface area (Å²) in [6.07, 6.45) is 5.67. The molecule has 3 nitrogen and oxygen atoms in total. The smallest absolute Gasteiger partial charge is 0.285 e. The summed E-state index contributed by atoms with van der Waals surface area (Å²) in [5, 5.41) is 2.33. The van der Waals surface area contributed by atoms with E-state index in [2.05, 4.69) is 17.4 Å². The van der Waals surface area contributed by atoms with Gasteiger partial charge in [0.25, 0.3) is 5.91 Å². The SMILES string of the molecule is CN1C(=O)[C@H](Cc2ccccc2)[NH2+]C12CCCC2. The number of quaternary nitrogens is 1. The van der Waals surface area contributed by atoms with Crippen molar-refractivity contribution >= 4 is 5.91 Å². The maximum absolute atomic E-state index is 12.4. The molecular weight excluding hydrogens is 224 g/mol. The van der Waals surface area contributed by atoms with Crippen LogP contribution in [0.3, 0.4) is 0 Å². The highest BCUT2D eigenvalue weighted by atomic mass is 16.2. The van der Waals surface area contributed by atoms with Crippen LogP contribution in [0.4, 0.5) is 0 Å². The lowest BCUT2D eigenvalue weighted by Crippen LogP contribution is -2.99. The van der Waals surface area contributed by atoms with Crippen molar-refractivity contribution < 1.29 is 10.1 Å². The summed E-state index contributed by atoms with van der Waals surface area (Å²) in [7, 11) is 1.98. The molecule has 0 bridgehead atoms. The minimum Gasteiger partial charge on any atom is -0.314 e. The van der Waals surface area contributed by atoms with Crippen molar-refractivity contribution in [2.75, 3.05) is 7.05 Å². The van der Waals surface area contributed by atoms with Gasteiger partial charge < -0.3 is 5.32 Å². The molecule has 2 fully saturated rings. The highest BCUT2D eigenvalue weighted by molar-refractivity contribution is 5.82. The molecule has 3 heteroatoms. The average Bonchev–Trinajstić information content (AvgIpc) is 2.94. The van der Waals surface area contributed by atoms with Gasteiger partial charge in [-0.05, 0) is 18.4 Å². The van der Waals surface area contributed by atoms with E-state index in [4.69, 9.17) is 0 Å². The lowest BCUT2D eigenvalue weighted by Gasteiger charge is -2.27. The van der Waals surface area contributed by atoms with E-state index in [-0.39, 0.29) is 11.7 Å². The maximum Gasteiger partial charge on any atom is 0.285 e. The second-order valence-electron chi connectivity index (χ2n) is 5.67. The molecule has 1 saturated carbocycles. The zero-order chi connectivity index (χ0) is 12.6. The van der Waals surface area contributed by atoms with Gasteiger partial charge in [0.15, 0.2) is 11.7 Å². The van der Waals surface area contributed by atoms with E-state index in [9.17, 15) is 4.79 Å². The third kappa shape index (κ3) is 1.83. The summed E-state index contributed by atoms with van der Waals surface area (Å²) in [4.78, 5) is 14.4. The van der Waals surface area contributed by atoms with Gasteiger partial charge >= 0.3 is 0 Å². The molecule has 0 aromatic heterocycles. The van der Waals surface area contributed by atoms with Crippen molar-refractivity contribution in [2.24, 2.45) is 0 Å². The number of likely N-dealkylation sites (N-methyl/N-ethyl adjacent to an activating group) is 1. The maximum atomic E-state index is 12.4. The van der Waals surface area contributed by atoms with Crippen molar-refractivity contribution in [3.05, 3.63) is 35.9 Å². The average molecular weight is 245 g/mol. The molecule has 1 aliphatic carbocycles. The van der Waals surface area contributed by atoms with Gasteiger partial charge in [0.05, 0.1) is 0 Å². The topological polar surface area (TPSA) is 36.9 Å². The van der Waals surface area contributed by atoms with Crippen molar-refractivity contribution in [1.29, 1.82) is 0 Å². The number of hydrogen-bond acceptors (Lipinski definition) is 1. The van der Waals surface area contributed by atoms with E-state index in [0.29, 0.717) is 5.91 Å². The van der Waals surface area contributed by atoms with Gasteiger partial charge in [-0.25, -0.2) is 0 Å². The molecule has 1 heterocycles. The Labute approximate surface area is 108 Å². The van der Waals surface area contributed by atoms with E-state index in [1.165, 1.54) is 18.4 Å². The second kappa shape index (κ2) is 4.39. The van der Waals surface area contributed by atoms with Gasteiger partial charge in [-0.1, -0.05) is 30.3 Å². The number of nitrogens with two attached hydrogens (primary N) is 1. The van der Waals surface area contributed by atoms with E-state index < -0.39 is 0 Å². The summed E-state index contributed by atoms with van der Waals surface area (Å²) in [6.45, 7) is 0. The van der Waals surface area contributed by atoms with Gasteiger partial charge in [-0.3, -0.25) is 9.69 Å². The standard InChI is InChI=1S/C15H20N2O/c1-17-14(18)13(11-12-7-3-2-4-8-12)16-15(17)9-5-6-10-15/h2-4,7-8,13,16H,5-6,9-11H2,1H3/p+1/t13-/m0/s1. The van der Waals surface area contributed by atoms with Crippen LogP contribution in [0.5, 0.6) is 0 Å². The Morgan fingerprint density at radius 2 is 1.94 bits per heavy atom. The molecule has 18 heavy (non-hydrogen) atoms. The van der Waals surface area contributed by atoms with Crippen LogP contribution in [-0.2, 0) is 11.2 Å². The van der Waals surface area contributed by atoms with Gasteiger partial charge in [0, 0.05) is 26.3 Å². The summed E-state index contributed by atoms with van der Waals surface area (Å²) in [5.74, 6) is 0.306. The first-order valence-electron chi connectivity index (χ1n) is 6.89. The molecule has 1 saturated heterocycles. The minimum absolute atomic E-state index is 0.0792. The number of rotatable bonds is 2. The number of amides is 1. The predicted octanol–water partition coefficient (Wildman–Crippen LogP) is 0.903. The first-order chi connectivity index (χ1) is 8.71. The van der Waals surface area contributed by atoms with Crippen molar-refractivity contribution in [3.63, 3.8) is 0 Å². The molecule has 1 amide bonds. The monoisotopic (exact) mass is 245 g/mol. The molecule has 1 aromatic carbocycles. The second-order valence-corrected chi connectivity index (χ2v) is 5.67. The Hall–Kier alpha value is -1.35. The van der Waals surface area contributed by atoms with E-state index in [1.807, 2.05) is 30.1 Å². The Morgan fingerprint density at radius 1 is 1.28 bits per heavy atom. The van der Waals surface area contributed by atoms with E-state index in [1.54, 1.807) is 0 Å². The van der Waals surface area contributed by atoms with Gasteiger partial charge in [-0.2, -0.15) is 0 Å². The molecule has 1 atom stereocenters. The molecule has 2 N–H and O–H groups in total. The molecule has 1 aliphatic heterocycles. The summed E-state index contributed by atoms with van der Waals surface area (Å²) < 4.78 is 0. The van der Waals surface area contributed by atoms with Crippen LogP contribution in [0.25, 0.3) is 0 Å². The number of hydrogen-bond donors (Lipinski definition) is 1. The first-order valence-corrected chi connectivity index (χ1v) is 6.89. The molecule has 2 aliphatic rings. The molecule has 0 radical (unpaired) electrons. The van der Waals surface area contributed by atoms with Crippen LogP contribution in [-0.4, -0.2) is 29.6 Å². The summed E-state index contributed by atoms with van der Waals surface area (Å²) in [5.41, 5.74) is 1.34. The zero-order valence-corrected chi connectivity index (χ0v) is 10.9. The summed E-state index contributed by atoms with van der Waals surface area (Å²) >= 11 is 0. The highest BCUT2D eigenvalue weighted by Gasteiger charge is 2.53. The van der Waals surface area contributed by atoms with E-state index >= 15 is 0 Å². The Bertz CT molecular complexity index is 437. The lowest BCUT2D eigenvalue weighted by molar-refractivity contribution is -0.743. The molecule has 1 spiro atoms. The predicted molar refractivity (Wildman–Crippen MR) is 69.8 cm³/mol. The van der Waals surface area contributed by atoms with Crippen LogP contribution in [0.15, 0.2) is 30.3 Å². The van der Waals surface area contributed by atoms with Gasteiger partial charge in [-0.15, -0.1) is 0 Å². The molecular formula is C15H21N2O+. The van der Waals surface area contributed by atoms with Crippen LogP contribution in [0.1, 0.15) is 31.2 Å². The fourth-order valence-electron chi connectivity index (χ4n) is 3.53. The third-order valence-corrected chi connectivity index (χ3v) is 4.60. The number of nitrogens with zero attached hydrogens (tertiary/aromatic N) is 1. The molecule has 96 valence electrons. The van der Waals surface area contributed by atoms with Crippen molar-refractivity contribution in [2.45, 2.75) is 43.8 Å². The Kier molecular flexibility index (Phi) is 2.86. The zero-order valence-electron chi connectivity index (χ0n) is 10.9. The largest absolute Gasteiger partial charge is 0.314 e. The molecule has 0 unspecified atom stereocenters.